The summed E-state index contributed by atoms with van der Waals surface area (Å²) >= 11 is 0. The Morgan fingerprint density at radius 2 is 1.64 bits per heavy atom. The van der Waals surface area contributed by atoms with Gasteiger partial charge in [-0.3, -0.25) is 0 Å². The number of hydrogen-bond acceptors (Lipinski definition) is 1. The van der Waals surface area contributed by atoms with Gasteiger partial charge in [-0.05, 0) is 36.0 Å². The molecule has 0 saturated heterocycles. The van der Waals surface area contributed by atoms with Gasteiger partial charge in [-0.25, -0.2) is 0 Å². The molecule has 0 aliphatic heterocycles. The topological polar surface area (TPSA) is 9.23 Å². The molecule has 4 unspecified atom stereocenters. The number of ether oxygens (including phenoxy) is 1. The van der Waals surface area contributed by atoms with E-state index in [1.54, 1.807) is 0 Å². The lowest BCUT2D eigenvalue weighted by atomic mass is 9.65. The Morgan fingerprint density at radius 1 is 1.07 bits per heavy atom. The molecule has 0 bridgehead atoms. The smallest absolute Gasteiger partial charge is 0.0602 e. The zero-order chi connectivity index (χ0) is 10.9. The molecule has 1 aliphatic rings. The summed E-state index contributed by atoms with van der Waals surface area (Å²) < 4.78 is 5.60. The van der Waals surface area contributed by atoms with Crippen molar-refractivity contribution >= 4 is 0 Å². The Morgan fingerprint density at radius 3 is 2.07 bits per heavy atom. The molecule has 1 fully saturated rings. The van der Waals surface area contributed by atoms with E-state index in [-0.39, 0.29) is 0 Å². The predicted molar refractivity (Wildman–Crippen MR) is 61.3 cm³/mol. The van der Waals surface area contributed by atoms with Crippen molar-refractivity contribution in [2.24, 2.45) is 23.2 Å². The Kier molecular flexibility index (Phi) is 3.63. The molecule has 0 heterocycles. The Labute approximate surface area is 89.2 Å². The maximum absolute atomic E-state index is 5.60. The lowest BCUT2D eigenvalue weighted by molar-refractivity contribution is -0.0361. The average Bonchev–Trinajstić information content (AvgIpc) is 2.07. The van der Waals surface area contributed by atoms with Gasteiger partial charge in [0.1, 0.15) is 0 Å². The number of hydrogen-bond donors (Lipinski definition) is 0. The SMILES string of the molecule is COC1CC(C(C)(C)C)CC(C)C1C. The Hall–Kier alpha value is -0.0400. The first-order chi connectivity index (χ1) is 6.36. The average molecular weight is 198 g/mol. The van der Waals surface area contributed by atoms with E-state index in [0.717, 1.165) is 17.8 Å². The first kappa shape index (κ1) is 12.0. The molecule has 84 valence electrons. The first-order valence-corrected chi connectivity index (χ1v) is 5.89. The minimum Gasteiger partial charge on any atom is -0.381 e. The first-order valence-electron chi connectivity index (χ1n) is 5.89. The molecule has 1 rings (SSSR count). The van der Waals surface area contributed by atoms with E-state index >= 15 is 0 Å². The van der Waals surface area contributed by atoms with Gasteiger partial charge in [0.2, 0.25) is 0 Å². The highest BCUT2D eigenvalue weighted by Crippen LogP contribution is 2.43. The normalized spacial score (nSPS) is 39.9. The second kappa shape index (κ2) is 4.22. The van der Waals surface area contributed by atoms with Gasteiger partial charge in [0.15, 0.2) is 0 Å². The van der Waals surface area contributed by atoms with Gasteiger partial charge in [-0.2, -0.15) is 0 Å². The highest BCUT2D eigenvalue weighted by molar-refractivity contribution is 4.87. The van der Waals surface area contributed by atoms with E-state index in [2.05, 4.69) is 34.6 Å². The number of rotatable bonds is 1. The van der Waals surface area contributed by atoms with Gasteiger partial charge >= 0.3 is 0 Å². The molecule has 4 atom stereocenters. The summed E-state index contributed by atoms with van der Waals surface area (Å²) in [5.74, 6) is 2.34. The van der Waals surface area contributed by atoms with Crippen LogP contribution >= 0.6 is 0 Å². The second-order valence-electron chi connectivity index (χ2n) is 6.14. The molecule has 14 heavy (non-hydrogen) atoms. The fraction of sp³-hybridized carbons (Fsp3) is 1.00. The maximum Gasteiger partial charge on any atom is 0.0602 e. The minimum atomic E-state index is 0.436. The van der Waals surface area contributed by atoms with Crippen LogP contribution in [0.5, 0.6) is 0 Å². The Bertz CT molecular complexity index is 180. The van der Waals surface area contributed by atoms with E-state index in [1.165, 1.54) is 12.8 Å². The summed E-state index contributed by atoms with van der Waals surface area (Å²) in [6.07, 6.45) is 3.08. The van der Waals surface area contributed by atoms with E-state index in [9.17, 15) is 0 Å². The van der Waals surface area contributed by atoms with Crippen molar-refractivity contribution in [3.63, 3.8) is 0 Å². The Balaban J connectivity index is 2.68. The molecule has 0 aromatic carbocycles. The molecule has 0 spiro atoms. The molecule has 1 aliphatic carbocycles. The summed E-state index contributed by atoms with van der Waals surface area (Å²) in [5.41, 5.74) is 0.436. The van der Waals surface area contributed by atoms with Crippen LogP contribution in [-0.4, -0.2) is 13.2 Å². The highest BCUT2D eigenvalue weighted by Gasteiger charge is 2.37. The largest absolute Gasteiger partial charge is 0.381 e. The van der Waals surface area contributed by atoms with Crippen molar-refractivity contribution < 1.29 is 4.74 Å². The lowest BCUT2D eigenvalue weighted by Crippen LogP contribution is -2.39. The summed E-state index contributed by atoms with van der Waals surface area (Å²) in [6, 6.07) is 0. The standard InChI is InChI=1S/C13H26O/c1-9-7-11(13(3,4)5)8-12(14-6)10(9)2/h9-12H,7-8H2,1-6H3. The summed E-state index contributed by atoms with van der Waals surface area (Å²) in [6.45, 7) is 11.8. The van der Waals surface area contributed by atoms with Crippen LogP contribution in [0.4, 0.5) is 0 Å². The zero-order valence-electron chi connectivity index (χ0n) is 10.6. The van der Waals surface area contributed by atoms with Crippen LogP contribution in [-0.2, 0) is 4.74 Å². The highest BCUT2D eigenvalue weighted by atomic mass is 16.5. The van der Waals surface area contributed by atoms with Crippen LogP contribution in [0.1, 0.15) is 47.5 Å². The molecule has 0 N–H and O–H groups in total. The zero-order valence-corrected chi connectivity index (χ0v) is 10.6. The van der Waals surface area contributed by atoms with E-state index < -0.39 is 0 Å². The second-order valence-corrected chi connectivity index (χ2v) is 6.14. The molecule has 1 nitrogen and oxygen atoms in total. The van der Waals surface area contributed by atoms with Crippen molar-refractivity contribution in [1.82, 2.24) is 0 Å². The van der Waals surface area contributed by atoms with Gasteiger partial charge in [0.25, 0.3) is 0 Å². The van der Waals surface area contributed by atoms with Gasteiger partial charge in [-0.15, -0.1) is 0 Å². The van der Waals surface area contributed by atoms with E-state index in [0.29, 0.717) is 11.5 Å². The molecule has 1 saturated carbocycles. The van der Waals surface area contributed by atoms with Crippen molar-refractivity contribution in [2.75, 3.05) is 7.11 Å². The van der Waals surface area contributed by atoms with E-state index in [4.69, 9.17) is 4.74 Å². The third kappa shape index (κ3) is 2.50. The van der Waals surface area contributed by atoms with Gasteiger partial charge in [0, 0.05) is 7.11 Å². The molecule has 0 aromatic rings. The minimum absolute atomic E-state index is 0.436. The monoisotopic (exact) mass is 198 g/mol. The third-order valence-corrected chi connectivity index (χ3v) is 4.18. The van der Waals surface area contributed by atoms with Crippen LogP contribution in [0.3, 0.4) is 0 Å². The molecule has 0 radical (unpaired) electrons. The van der Waals surface area contributed by atoms with Crippen molar-refractivity contribution in [2.45, 2.75) is 53.6 Å². The predicted octanol–water partition coefficient (Wildman–Crippen LogP) is 3.73. The molecule has 0 amide bonds. The van der Waals surface area contributed by atoms with Crippen LogP contribution in [0.25, 0.3) is 0 Å². The van der Waals surface area contributed by atoms with Crippen LogP contribution in [0.15, 0.2) is 0 Å². The van der Waals surface area contributed by atoms with Gasteiger partial charge in [-0.1, -0.05) is 34.6 Å². The van der Waals surface area contributed by atoms with Crippen molar-refractivity contribution in [3.8, 4) is 0 Å². The number of methoxy groups -OCH3 is 1. The van der Waals surface area contributed by atoms with Gasteiger partial charge in [0.05, 0.1) is 6.10 Å². The van der Waals surface area contributed by atoms with Gasteiger partial charge < -0.3 is 4.74 Å². The van der Waals surface area contributed by atoms with E-state index in [1.807, 2.05) is 7.11 Å². The fourth-order valence-corrected chi connectivity index (χ4v) is 2.64. The van der Waals surface area contributed by atoms with Crippen LogP contribution < -0.4 is 0 Å². The third-order valence-electron chi connectivity index (χ3n) is 4.18. The van der Waals surface area contributed by atoms with Crippen molar-refractivity contribution in [3.05, 3.63) is 0 Å². The lowest BCUT2D eigenvalue weighted by Gasteiger charge is -2.43. The molecular formula is C13H26O. The van der Waals surface area contributed by atoms with Crippen LogP contribution in [0, 0.1) is 23.2 Å². The quantitative estimate of drug-likeness (QED) is 0.624. The van der Waals surface area contributed by atoms with Crippen molar-refractivity contribution in [1.29, 1.82) is 0 Å². The maximum atomic E-state index is 5.60. The molecule has 1 heteroatoms. The molecular weight excluding hydrogens is 172 g/mol. The summed E-state index contributed by atoms with van der Waals surface area (Å²) in [4.78, 5) is 0. The fourth-order valence-electron chi connectivity index (χ4n) is 2.64. The molecule has 0 aromatic heterocycles. The summed E-state index contributed by atoms with van der Waals surface area (Å²) in [7, 11) is 1.86. The summed E-state index contributed by atoms with van der Waals surface area (Å²) in [5, 5.41) is 0. The van der Waals surface area contributed by atoms with Crippen LogP contribution in [0.2, 0.25) is 0 Å².